The lowest BCUT2D eigenvalue weighted by atomic mass is 10.2. The summed E-state index contributed by atoms with van der Waals surface area (Å²) in [6.45, 7) is 0.291. The van der Waals surface area contributed by atoms with Crippen molar-refractivity contribution in [3.05, 3.63) is 57.4 Å². The van der Waals surface area contributed by atoms with Gasteiger partial charge in [-0.1, -0.05) is 18.2 Å². The summed E-state index contributed by atoms with van der Waals surface area (Å²) in [6, 6.07) is 10.2. The first-order chi connectivity index (χ1) is 9.09. The van der Waals surface area contributed by atoms with Crippen LogP contribution in [0.25, 0.3) is 0 Å². The molecule has 4 N–H and O–H groups in total. The van der Waals surface area contributed by atoms with E-state index in [-0.39, 0.29) is 11.2 Å². The van der Waals surface area contributed by atoms with E-state index in [4.69, 9.17) is 0 Å². The zero-order valence-corrected chi connectivity index (χ0v) is 12.1. The number of nitrogens with one attached hydrogen (secondary N) is 2. The van der Waals surface area contributed by atoms with Crippen LogP contribution in [0.1, 0.15) is 10.4 Å². The molecule has 1 aromatic heterocycles. The van der Waals surface area contributed by atoms with Crippen molar-refractivity contribution in [2.45, 2.75) is 12.3 Å². The van der Waals surface area contributed by atoms with Gasteiger partial charge in [0, 0.05) is 17.1 Å². The molecule has 0 amide bonds. The molecule has 8 heteroatoms. The van der Waals surface area contributed by atoms with Crippen molar-refractivity contribution in [3.63, 3.8) is 0 Å². The fraction of sp³-hybridized carbons (Fsp3) is 0.167. The molecule has 6 nitrogen and oxygen atoms in total. The molecule has 0 fully saturated rings. The zero-order valence-electron chi connectivity index (χ0n) is 10.5. The Morgan fingerprint density at radius 2 is 2.00 bits per heavy atom. The highest BCUT2D eigenvalue weighted by Crippen LogP contribution is 2.13. The molecule has 0 atom stereocenters. The van der Waals surface area contributed by atoms with Crippen molar-refractivity contribution in [1.29, 1.82) is 0 Å². The number of thiophene rings is 1. The van der Waals surface area contributed by atoms with Crippen LogP contribution in [0.15, 0.2) is 41.8 Å². The fourth-order valence-electron chi connectivity index (χ4n) is 1.59. The van der Waals surface area contributed by atoms with Gasteiger partial charge in [-0.15, -0.1) is 11.3 Å². The lowest BCUT2D eigenvalue weighted by molar-refractivity contribution is 0.581. The van der Waals surface area contributed by atoms with Crippen molar-refractivity contribution in [2.24, 2.45) is 0 Å². The monoisotopic (exact) mass is 315 g/mol. The maximum Gasteiger partial charge on any atom is 0.216 e. The second kappa shape index (κ2) is 7.36. The van der Waals surface area contributed by atoms with E-state index in [2.05, 4.69) is 4.72 Å². The maximum absolute atomic E-state index is 11.9. The molecule has 0 unspecified atom stereocenters. The SMILES string of the molecule is O.O=S(=O)(Cc1cccc(N[O-])c1)NCc1cccs1. The third kappa shape index (κ3) is 4.91. The highest BCUT2D eigenvalue weighted by molar-refractivity contribution is 7.88. The average Bonchev–Trinajstić information content (AvgIpc) is 2.89. The number of sulfonamides is 1. The summed E-state index contributed by atoms with van der Waals surface area (Å²) in [7, 11) is -3.41. The summed E-state index contributed by atoms with van der Waals surface area (Å²) < 4.78 is 26.3. The maximum atomic E-state index is 11.9. The molecule has 0 radical (unpaired) electrons. The Hall–Kier alpha value is -1.45. The Kier molecular flexibility index (Phi) is 6.11. The van der Waals surface area contributed by atoms with Gasteiger partial charge in [0.2, 0.25) is 10.0 Å². The molecule has 1 aromatic carbocycles. The van der Waals surface area contributed by atoms with Gasteiger partial charge in [0.1, 0.15) is 0 Å². The summed E-state index contributed by atoms with van der Waals surface area (Å²) in [5, 5.41) is 12.4. The van der Waals surface area contributed by atoms with Crippen LogP contribution in [0.4, 0.5) is 5.69 Å². The number of benzene rings is 1. The van der Waals surface area contributed by atoms with Crippen LogP contribution in [0, 0.1) is 5.21 Å². The van der Waals surface area contributed by atoms with E-state index < -0.39 is 10.0 Å². The lowest BCUT2D eigenvalue weighted by Gasteiger charge is -2.11. The van der Waals surface area contributed by atoms with Crippen molar-refractivity contribution in [3.8, 4) is 0 Å². The Bertz CT molecular complexity index is 627. The first-order valence-electron chi connectivity index (χ1n) is 5.56. The molecular weight excluding hydrogens is 300 g/mol. The van der Waals surface area contributed by atoms with E-state index in [0.29, 0.717) is 17.8 Å². The van der Waals surface area contributed by atoms with Gasteiger partial charge in [0.15, 0.2) is 0 Å². The van der Waals surface area contributed by atoms with Crippen LogP contribution in [-0.2, 0) is 22.3 Å². The van der Waals surface area contributed by atoms with Crippen LogP contribution >= 0.6 is 11.3 Å². The minimum atomic E-state index is -3.41. The van der Waals surface area contributed by atoms with Crippen molar-refractivity contribution >= 4 is 27.0 Å². The standard InChI is InChI=1S/C12H13N2O3S2.H2O/c15-14-11-4-1-3-10(7-11)9-19(16,17)13-8-12-5-2-6-18-12;/h1-7,13-14H,8-9H2;1H2/q-1;. The lowest BCUT2D eigenvalue weighted by Crippen LogP contribution is -2.24. The fourth-order valence-corrected chi connectivity index (χ4v) is 3.42. The van der Waals surface area contributed by atoms with Gasteiger partial charge in [-0.2, -0.15) is 0 Å². The van der Waals surface area contributed by atoms with Gasteiger partial charge in [-0.3, -0.25) is 0 Å². The summed E-state index contributed by atoms with van der Waals surface area (Å²) in [6.07, 6.45) is 0. The molecule has 0 aliphatic carbocycles. The molecule has 0 saturated heterocycles. The molecule has 2 aromatic rings. The topological polar surface area (TPSA) is 113 Å². The van der Waals surface area contributed by atoms with E-state index >= 15 is 0 Å². The third-order valence-corrected chi connectivity index (χ3v) is 4.62. The number of rotatable bonds is 6. The molecule has 110 valence electrons. The number of hydrogen-bond acceptors (Lipinski definition) is 5. The van der Waals surface area contributed by atoms with Crippen LogP contribution in [0.5, 0.6) is 0 Å². The smallest absolute Gasteiger partial charge is 0.216 e. The van der Waals surface area contributed by atoms with Gasteiger partial charge in [0.25, 0.3) is 0 Å². The summed E-state index contributed by atoms with van der Waals surface area (Å²) in [5.74, 6) is -0.145. The van der Waals surface area contributed by atoms with E-state index in [1.807, 2.05) is 17.5 Å². The van der Waals surface area contributed by atoms with Crippen molar-refractivity contribution in [1.82, 2.24) is 4.72 Å². The summed E-state index contributed by atoms with van der Waals surface area (Å²) in [4.78, 5) is 0.957. The first kappa shape index (κ1) is 16.6. The van der Waals surface area contributed by atoms with Crippen LogP contribution in [0.3, 0.4) is 0 Å². The second-order valence-electron chi connectivity index (χ2n) is 3.96. The summed E-state index contributed by atoms with van der Waals surface area (Å²) in [5.41, 5.74) is 2.67. The van der Waals surface area contributed by atoms with E-state index in [9.17, 15) is 13.6 Å². The Labute approximate surface area is 121 Å². The normalized spacial score (nSPS) is 10.8. The molecule has 20 heavy (non-hydrogen) atoms. The summed E-state index contributed by atoms with van der Waals surface area (Å²) >= 11 is 1.50. The first-order valence-corrected chi connectivity index (χ1v) is 8.09. The molecule has 0 aliphatic heterocycles. The Morgan fingerprint density at radius 3 is 2.65 bits per heavy atom. The molecule has 0 spiro atoms. The number of hydrogen-bond donors (Lipinski definition) is 2. The van der Waals surface area contributed by atoms with Crippen molar-refractivity contribution in [2.75, 3.05) is 5.48 Å². The third-order valence-electron chi connectivity index (χ3n) is 2.45. The molecule has 1 heterocycles. The Morgan fingerprint density at radius 1 is 1.20 bits per heavy atom. The minimum absolute atomic E-state index is 0. The highest BCUT2D eigenvalue weighted by atomic mass is 32.2. The molecular formula is C12H15N2O4S2-. The van der Waals surface area contributed by atoms with Crippen LogP contribution < -0.4 is 10.2 Å². The van der Waals surface area contributed by atoms with Gasteiger partial charge in [0.05, 0.1) is 5.75 Å². The largest absolute Gasteiger partial charge is 0.761 e. The van der Waals surface area contributed by atoms with Gasteiger partial charge in [-0.25, -0.2) is 13.1 Å². The van der Waals surface area contributed by atoms with E-state index in [1.54, 1.807) is 23.7 Å². The second-order valence-corrected chi connectivity index (χ2v) is 6.80. The predicted molar refractivity (Wildman–Crippen MR) is 80.8 cm³/mol. The molecule has 2 rings (SSSR count). The van der Waals surface area contributed by atoms with Crippen LogP contribution in [0.2, 0.25) is 0 Å². The average molecular weight is 315 g/mol. The zero-order chi connectivity index (χ0) is 13.7. The quantitative estimate of drug-likeness (QED) is 0.785. The molecule has 0 aliphatic rings. The van der Waals surface area contributed by atoms with Crippen LogP contribution in [-0.4, -0.2) is 13.9 Å². The van der Waals surface area contributed by atoms with Gasteiger partial charge in [-0.05, 0) is 29.1 Å². The molecule has 0 bridgehead atoms. The van der Waals surface area contributed by atoms with E-state index in [1.165, 1.54) is 17.4 Å². The Balaban J connectivity index is 0.00000200. The predicted octanol–water partition coefficient (Wildman–Crippen LogP) is 1.45. The van der Waals surface area contributed by atoms with Gasteiger partial charge >= 0.3 is 0 Å². The highest BCUT2D eigenvalue weighted by Gasteiger charge is 2.11. The van der Waals surface area contributed by atoms with E-state index in [0.717, 1.165) is 4.88 Å². The molecule has 0 saturated carbocycles. The van der Waals surface area contributed by atoms with Crippen molar-refractivity contribution < 1.29 is 13.9 Å². The van der Waals surface area contributed by atoms with Gasteiger partial charge < -0.3 is 16.2 Å². The minimum Gasteiger partial charge on any atom is -0.761 e. The number of anilines is 1.